The van der Waals surface area contributed by atoms with Gasteiger partial charge in [0, 0.05) is 11.6 Å². The Kier molecular flexibility index (Phi) is 7.81. The molecule has 0 spiro atoms. The Morgan fingerprint density at radius 3 is 2.08 bits per heavy atom. The van der Waals surface area contributed by atoms with Crippen molar-refractivity contribution in [1.82, 2.24) is 0 Å². The number of nitriles is 1. The average molecular weight is 509 g/mol. The minimum Gasteiger partial charge on any atom is -0.493 e. The molecule has 10 nitrogen and oxygen atoms in total. The normalized spacial score (nSPS) is 15.2. The van der Waals surface area contributed by atoms with Gasteiger partial charge in [0.15, 0.2) is 11.5 Å². The first-order valence-electron chi connectivity index (χ1n) is 10.5. The van der Waals surface area contributed by atoms with Crippen LogP contribution in [0.15, 0.2) is 65.1 Å². The summed E-state index contributed by atoms with van der Waals surface area (Å²) in [6.07, 6.45) is 0. The maximum atomic E-state index is 13.2. The summed E-state index contributed by atoms with van der Waals surface area (Å²) in [4.78, 5) is 27.6. The monoisotopic (exact) mass is 508 g/mol. The van der Waals surface area contributed by atoms with Crippen molar-refractivity contribution in [2.45, 2.75) is 5.92 Å². The highest BCUT2D eigenvalue weighted by atomic mass is 32.1. The number of methoxy groups -OCH3 is 4. The zero-order chi connectivity index (χ0) is 26.6. The number of ether oxygens (including phenoxy) is 4. The zero-order valence-corrected chi connectivity index (χ0v) is 20.8. The van der Waals surface area contributed by atoms with Gasteiger partial charge in [0.2, 0.25) is 0 Å². The molecule has 0 radical (unpaired) electrons. The molecule has 1 atom stereocenters. The first kappa shape index (κ1) is 26.1. The Labute approximate surface area is 213 Å². The molecule has 0 bridgehead atoms. The highest BCUT2D eigenvalue weighted by molar-refractivity contribution is 7.80. The Hall–Kier alpha value is -4.56. The maximum absolute atomic E-state index is 13.2. The van der Waals surface area contributed by atoms with Crippen molar-refractivity contribution in [3.05, 3.63) is 76.3 Å². The number of allylic oxidation sites excluding steroid dienone is 1. The summed E-state index contributed by atoms with van der Waals surface area (Å²) >= 11 is 5.25. The van der Waals surface area contributed by atoms with Crippen LogP contribution in [-0.4, -0.2) is 45.4 Å². The number of rotatable bonds is 7. The van der Waals surface area contributed by atoms with E-state index in [4.69, 9.17) is 42.6 Å². The average Bonchev–Trinajstić information content (AvgIpc) is 2.90. The molecule has 3 rings (SSSR count). The lowest BCUT2D eigenvalue weighted by molar-refractivity contribution is -0.139. The van der Waals surface area contributed by atoms with Gasteiger partial charge in [-0.15, -0.1) is 0 Å². The van der Waals surface area contributed by atoms with Crippen LogP contribution in [0.1, 0.15) is 17.0 Å². The number of nitrogens with zero attached hydrogens (tertiary/aromatic N) is 2. The van der Waals surface area contributed by atoms with Gasteiger partial charge >= 0.3 is 11.9 Å². The van der Waals surface area contributed by atoms with Crippen molar-refractivity contribution in [2.75, 3.05) is 33.3 Å². The Morgan fingerprint density at radius 2 is 1.58 bits per heavy atom. The predicted octanol–water partition coefficient (Wildman–Crippen LogP) is 2.24. The molecule has 1 unspecified atom stereocenters. The second-order valence-corrected chi connectivity index (χ2v) is 7.86. The van der Waals surface area contributed by atoms with Crippen molar-refractivity contribution in [3.63, 3.8) is 0 Å². The topological polar surface area (TPSA) is 150 Å². The van der Waals surface area contributed by atoms with E-state index in [1.54, 1.807) is 30.3 Å². The fourth-order valence-electron chi connectivity index (χ4n) is 4.01. The molecule has 2 aromatic carbocycles. The Bertz CT molecular complexity index is 1330. The highest BCUT2D eigenvalue weighted by Crippen LogP contribution is 2.45. The van der Waals surface area contributed by atoms with E-state index in [2.05, 4.69) is 6.07 Å². The van der Waals surface area contributed by atoms with Crippen molar-refractivity contribution in [2.24, 2.45) is 11.5 Å². The molecule has 2 aromatic rings. The summed E-state index contributed by atoms with van der Waals surface area (Å²) < 4.78 is 20.9. The SMILES string of the molecule is COC(=O)C1=C(C(=O)OC)N(c2cc(OC)c(OC)cc2C(N)=S)C(N)=C(C#N)C1c1ccccc1. The number of benzene rings is 2. The number of carbonyl (C=O) groups excluding carboxylic acids is 2. The third-order valence-corrected chi connectivity index (χ3v) is 5.84. The smallest absolute Gasteiger partial charge is 0.355 e. The maximum Gasteiger partial charge on any atom is 0.355 e. The molecule has 36 heavy (non-hydrogen) atoms. The summed E-state index contributed by atoms with van der Waals surface area (Å²) in [6.45, 7) is 0. The second kappa shape index (κ2) is 10.8. The number of esters is 2. The van der Waals surface area contributed by atoms with Gasteiger partial charge < -0.3 is 30.4 Å². The zero-order valence-electron chi connectivity index (χ0n) is 20.0. The molecule has 0 aliphatic carbocycles. The van der Waals surface area contributed by atoms with Crippen molar-refractivity contribution < 1.29 is 28.5 Å². The summed E-state index contributed by atoms with van der Waals surface area (Å²) in [5.41, 5.74) is 13.1. The lowest BCUT2D eigenvalue weighted by Gasteiger charge is -2.36. The Morgan fingerprint density at radius 1 is 1.00 bits per heavy atom. The van der Waals surface area contributed by atoms with Crippen LogP contribution in [0, 0.1) is 11.3 Å². The molecule has 0 fully saturated rings. The number of nitrogens with two attached hydrogens (primary N) is 2. The van der Waals surface area contributed by atoms with Crippen LogP contribution in [0.4, 0.5) is 5.69 Å². The van der Waals surface area contributed by atoms with E-state index in [9.17, 15) is 14.9 Å². The van der Waals surface area contributed by atoms with Crippen LogP contribution < -0.4 is 25.8 Å². The molecule has 11 heteroatoms. The standard InChI is InChI=1S/C25H24N4O6S/c1-32-17-10-14(23(28)36)16(11-18(17)33-2)29-21(25(31)35-4)20(24(30)34-3)19(15(12-26)22(29)27)13-8-6-5-7-9-13/h5-11,19H,27H2,1-4H3,(H2,28,36). The van der Waals surface area contributed by atoms with E-state index in [1.165, 1.54) is 38.4 Å². The van der Waals surface area contributed by atoms with Gasteiger partial charge in [-0.3, -0.25) is 4.90 Å². The van der Waals surface area contributed by atoms with E-state index < -0.39 is 17.9 Å². The van der Waals surface area contributed by atoms with E-state index in [1.807, 2.05) is 0 Å². The predicted molar refractivity (Wildman–Crippen MR) is 135 cm³/mol. The van der Waals surface area contributed by atoms with Gasteiger partial charge in [-0.2, -0.15) is 5.26 Å². The number of anilines is 1. The van der Waals surface area contributed by atoms with Gasteiger partial charge in [0.05, 0.1) is 57.3 Å². The molecule has 186 valence electrons. The van der Waals surface area contributed by atoms with Crippen molar-refractivity contribution in [1.29, 1.82) is 5.26 Å². The molecule has 0 aromatic heterocycles. The van der Waals surface area contributed by atoms with Gasteiger partial charge in [-0.25, -0.2) is 9.59 Å². The van der Waals surface area contributed by atoms with Gasteiger partial charge in [0.25, 0.3) is 0 Å². The molecule has 0 saturated heterocycles. The fraction of sp³-hybridized carbons (Fsp3) is 0.200. The molecule has 0 saturated carbocycles. The molecule has 1 aliphatic heterocycles. The quantitative estimate of drug-likeness (QED) is 0.419. The van der Waals surface area contributed by atoms with Crippen LogP contribution in [0.3, 0.4) is 0 Å². The fourth-order valence-corrected chi connectivity index (χ4v) is 4.18. The van der Waals surface area contributed by atoms with Crippen LogP contribution in [0.2, 0.25) is 0 Å². The lowest BCUT2D eigenvalue weighted by Crippen LogP contribution is -2.41. The summed E-state index contributed by atoms with van der Waals surface area (Å²) in [5, 5.41) is 10.2. The first-order valence-corrected chi connectivity index (χ1v) is 10.9. The summed E-state index contributed by atoms with van der Waals surface area (Å²) in [5.74, 6) is -2.34. The third kappa shape index (κ3) is 4.42. The summed E-state index contributed by atoms with van der Waals surface area (Å²) in [6, 6.07) is 13.7. The molecular formula is C25H24N4O6S. The lowest BCUT2D eigenvalue weighted by atomic mass is 9.80. The molecular weight excluding hydrogens is 484 g/mol. The molecule has 1 heterocycles. The largest absolute Gasteiger partial charge is 0.493 e. The van der Waals surface area contributed by atoms with Crippen LogP contribution in [0.25, 0.3) is 0 Å². The number of hydrogen-bond donors (Lipinski definition) is 2. The second-order valence-electron chi connectivity index (χ2n) is 7.42. The van der Waals surface area contributed by atoms with Gasteiger partial charge in [0.1, 0.15) is 16.5 Å². The van der Waals surface area contributed by atoms with Crippen LogP contribution >= 0.6 is 12.2 Å². The van der Waals surface area contributed by atoms with E-state index in [-0.39, 0.29) is 44.7 Å². The van der Waals surface area contributed by atoms with E-state index in [0.29, 0.717) is 11.3 Å². The highest BCUT2D eigenvalue weighted by Gasteiger charge is 2.43. The minimum absolute atomic E-state index is 0.00192. The van der Waals surface area contributed by atoms with E-state index in [0.717, 1.165) is 7.11 Å². The number of carbonyl (C=O) groups is 2. The molecule has 4 N–H and O–H groups in total. The summed E-state index contributed by atoms with van der Waals surface area (Å²) in [7, 11) is 5.17. The molecule has 1 aliphatic rings. The number of thiocarbonyl (C=S) groups is 1. The van der Waals surface area contributed by atoms with Crippen molar-refractivity contribution >= 4 is 34.8 Å². The minimum atomic E-state index is -1.01. The molecule has 0 amide bonds. The van der Waals surface area contributed by atoms with Gasteiger partial charge in [-0.1, -0.05) is 42.5 Å². The van der Waals surface area contributed by atoms with Crippen LogP contribution in [0.5, 0.6) is 11.5 Å². The third-order valence-electron chi connectivity index (χ3n) is 5.62. The Balaban J connectivity index is 2.52. The number of hydrogen-bond acceptors (Lipinski definition) is 10. The van der Waals surface area contributed by atoms with Crippen molar-refractivity contribution in [3.8, 4) is 17.6 Å². The first-order chi connectivity index (χ1) is 17.2. The van der Waals surface area contributed by atoms with Gasteiger partial charge in [-0.05, 0) is 11.6 Å². The van der Waals surface area contributed by atoms with Crippen LogP contribution in [-0.2, 0) is 19.1 Å². The van der Waals surface area contributed by atoms with E-state index >= 15 is 0 Å².